The Morgan fingerprint density at radius 3 is 2.38 bits per heavy atom. The molecule has 0 aliphatic rings. The van der Waals surface area contributed by atoms with Crippen LogP contribution in [-0.2, 0) is 4.79 Å². The highest BCUT2D eigenvalue weighted by Gasteiger charge is 2.16. The van der Waals surface area contributed by atoms with E-state index in [0.717, 1.165) is 16.3 Å². The zero-order chi connectivity index (χ0) is 19.3. The van der Waals surface area contributed by atoms with Crippen LogP contribution in [0.1, 0.15) is 20.8 Å². The van der Waals surface area contributed by atoms with Gasteiger partial charge in [-0.25, -0.2) is 0 Å². The number of nitro benzene ring substituents is 1. The SMILES string of the molecule is CC(Sc1ccc([N+](=O)[O-])cc1)C(=O)Nc1cccc(N(C)C(C)C)c1. The van der Waals surface area contributed by atoms with Gasteiger partial charge in [-0.1, -0.05) is 6.07 Å². The number of nitrogens with one attached hydrogen (secondary N) is 1. The molecule has 0 saturated heterocycles. The number of nitrogens with zero attached hydrogens (tertiary/aromatic N) is 2. The summed E-state index contributed by atoms with van der Waals surface area (Å²) in [7, 11) is 2.01. The van der Waals surface area contributed by atoms with Crippen molar-refractivity contribution in [2.45, 2.75) is 37.0 Å². The number of hydrogen-bond donors (Lipinski definition) is 1. The summed E-state index contributed by atoms with van der Waals surface area (Å²) in [5.74, 6) is -0.113. The fraction of sp³-hybridized carbons (Fsp3) is 0.316. The van der Waals surface area contributed by atoms with E-state index >= 15 is 0 Å². The van der Waals surface area contributed by atoms with Crippen LogP contribution in [0.4, 0.5) is 17.1 Å². The molecule has 0 aliphatic carbocycles. The lowest BCUT2D eigenvalue weighted by atomic mass is 10.2. The Labute approximate surface area is 157 Å². The van der Waals surface area contributed by atoms with Gasteiger partial charge in [0.25, 0.3) is 5.69 Å². The van der Waals surface area contributed by atoms with Crippen molar-refractivity contribution < 1.29 is 9.72 Å². The van der Waals surface area contributed by atoms with E-state index in [1.165, 1.54) is 23.9 Å². The number of carbonyl (C=O) groups excluding carboxylic acids is 1. The Morgan fingerprint density at radius 1 is 1.15 bits per heavy atom. The van der Waals surface area contributed by atoms with Crippen LogP contribution >= 0.6 is 11.8 Å². The lowest BCUT2D eigenvalue weighted by molar-refractivity contribution is -0.384. The standard InChI is InChI=1S/C19H23N3O3S/c1-13(2)21(4)17-7-5-6-15(12-17)20-19(23)14(3)26-18-10-8-16(9-11-18)22(24)25/h5-14H,1-4H3,(H,20,23). The molecule has 0 fully saturated rings. The van der Waals surface area contributed by atoms with Crippen molar-refractivity contribution in [1.82, 2.24) is 0 Å². The third-order valence-electron chi connectivity index (χ3n) is 4.03. The fourth-order valence-electron chi connectivity index (χ4n) is 2.25. The molecule has 1 N–H and O–H groups in total. The fourth-order valence-corrected chi connectivity index (χ4v) is 3.12. The number of non-ortho nitro benzene ring substituents is 1. The van der Waals surface area contributed by atoms with Crippen molar-refractivity contribution >= 4 is 34.7 Å². The maximum absolute atomic E-state index is 12.5. The average Bonchev–Trinajstić information content (AvgIpc) is 2.61. The summed E-state index contributed by atoms with van der Waals surface area (Å²) in [6.07, 6.45) is 0. The van der Waals surface area contributed by atoms with Crippen LogP contribution in [0.15, 0.2) is 53.4 Å². The van der Waals surface area contributed by atoms with Gasteiger partial charge in [0.05, 0.1) is 10.2 Å². The summed E-state index contributed by atoms with van der Waals surface area (Å²) in [6, 6.07) is 14.3. The molecule has 2 aromatic carbocycles. The highest BCUT2D eigenvalue weighted by molar-refractivity contribution is 8.00. The molecular weight excluding hydrogens is 350 g/mol. The average molecular weight is 373 g/mol. The van der Waals surface area contributed by atoms with E-state index in [1.54, 1.807) is 12.1 Å². The number of benzene rings is 2. The maximum atomic E-state index is 12.5. The molecule has 0 bridgehead atoms. The molecule has 1 atom stereocenters. The number of hydrogen-bond acceptors (Lipinski definition) is 5. The van der Waals surface area contributed by atoms with Gasteiger partial charge in [-0.05, 0) is 51.1 Å². The third-order valence-corrected chi connectivity index (χ3v) is 5.14. The van der Waals surface area contributed by atoms with Crippen LogP contribution in [0, 0.1) is 10.1 Å². The van der Waals surface area contributed by atoms with Crippen LogP contribution < -0.4 is 10.2 Å². The van der Waals surface area contributed by atoms with E-state index in [2.05, 4.69) is 24.1 Å². The molecule has 0 aliphatic heterocycles. The van der Waals surface area contributed by atoms with E-state index in [4.69, 9.17) is 0 Å². The van der Waals surface area contributed by atoms with Crippen LogP contribution in [-0.4, -0.2) is 29.2 Å². The molecule has 0 aromatic heterocycles. The lowest BCUT2D eigenvalue weighted by Gasteiger charge is -2.24. The van der Waals surface area contributed by atoms with Gasteiger partial charge in [0.2, 0.25) is 5.91 Å². The zero-order valence-electron chi connectivity index (χ0n) is 15.3. The van der Waals surface area contributed by atoms with Crippen LogP contribution in [0.2, 0.25) is 0 Å². The number of amides is 1. The smallest absolute Gasteiger partial charge is 0.269 e. The first kappa shape index (κ1) is 19.8. The Hall–Kier alpha value is -2.54. The molecule has 0 saturated carbocycles. The van der Waals surface area contributed by atoms with Crippen molar-refractivity contribution in [3.63, 3.8) is 0 Å². The summed E-state index contributed by atoms with van der Waals surface area (Å²) in [5, 5.41) is 13.3. The first-order chi connectivity index (χ1) is 12.3. The second-order valence-corrected chi connectivity index (χ2v) is 7.67. The van der Waals surface area contributed by atoms with E-state index in [-0.39, 0.29) is 16.8 Å². The lowest BCUT2D eigenvalue weighted by Crippen LogP contribution is -2.26. The predicted octanol–water partition coefficient (Wildman–Crippen LogP) is 4.56. The minimum atomic E-state index is -0.439. The van der Waals surface area contributed by atoms with Crippen molar-refractivity contribution in [3.05, 3.63) is 58.6 Å². The first-order valence-corrected chi connectivity index (χ1v) is 9.20. The molecule has 1 amide bonds. The van der Waals surface area contributed by atoms with Gasteiger partial charge >= 0.3 is 0 Å². The summed E-state index contributed by atoms with van der Waals surface area (Å²) in [6.45, 7) is 6.02. The van der Waals surface area contributed by atoms with Gasteiger partial charge < -0.3 is 10.2 Å². The minimum absolute atomic E-state index is 0.0394. The second-order valence-electron chi connectivity index (χ2n) is 6.26. The van der Waals surface area contributed by atoms with E-state index in [9.17, 15) is 14.9 Å². The molecule has 2 aromatic rings. The molecule has 0 heterocycles. The normalized spacial score (nSPS) is 11.9. The number of nitro groups is 1. The molecule has 2 rings (SSSR count). The van der Waals surface area contributed by atoms with Crippen molar-refractivity contribution in [1.29, 1.82) is 0 Å². The maximum Gasteiger partial charge on any atom is 0.269 e. The van der Waals surface area contributed by atoms with Gasteiger partial charge in [0.15, 0.2) is 0 Å². The molecule has 7 heteroatoms. The molecule has 1 unspecified atom stereocenters. The summed E-state index contributed by atoms with van der Waals surface area (Å²) >= 11 is 1.36. The summed E-state index contributed by atoms with van der Waals surface area (Å²) in [5.41, 5.74) is 1.82. The Morgan fingerprint density at radius 2 is 1.81 bits per heavy atom. The van der Waals surface area contributed by atoms with Crippen LogP contribution in [0.3, 0.4) is 0 Å². The van der Waals surface area contributed by atoms with Crippen LogP contribution in [0.5, 0.6) is 0 Å². The molecule has 26 heavy (non-hydrogen) atoms. The van der Waals surface area contributed by atoms with E-state index in [0.29, 0.717) is 6.04 Å². The Bertz CT molecular complexity index is 778. The van der Waals surface area contributed by atoms with Crippen molar-refractivity contribution in [3.8, 4) is 0 Å². The zero-order valence-corrected chi connectivity index (χ0v) is 16.1. The molecule has 0 radical (unpaired) electrons. The Kier molecular flexibility index (Phi) is 6.63. The van der Waals surface area contributed by atoms with Gasteiger partial charge in [0.1, 0.15) is 0 Å². The van der Waals surface area contributed by atoms with Crippen molar-refractivity contribution in [2.75, 3.05) is 17.3 Å². The number of anilines is 2. The molecule has 6 nitrogen and oxygen atoms in total. The van der Waals surface area contributed by atoms with Crippen molar-refractivity contribution in [2.24, 2.45) is 0 Å². The Balaban J connectivity index is 2.00. The van der Waals surface area contributed by atoms with Crippen LogP contribution in [0.25, 0.3) is 0 Å². The predicted molar refractivity (Wildman–Crippen MR) is 107 cm³/mol. The van der Waals surface area contributed by atoms with E-state index < -0.39 is 4.92 Å². The molecule has 0 spiro atoms. The first-order valence-electron chi connectivity index (χ1n) is 8.33. The van der Waals surface area contributed by atoms with Gasteiger partial charge in [-0.2, -0.15) is 0 Å². The van der Waals surface area contributed by atoms with Gasteiger partial charge in [-0.3, -0.25) is 14.9 Å². The molecule has 138 valence electrons. The number of thioether (sulfide) groups is 1. The topological polar surface area (TPSA) is 75.5 Å². The summed E-state index contributed by atoms with van der Waals surface area (Å²) < 4.78 is 0. The minimum Gasteiger partial charge on any atom is -0.372 e. The highest BCUT2D eigenvalue weighted by Crippen LogP contribution is 2.27. The number of rotatable bonds is 7. The third kappa shape index (κ3) is 5.23. The highest BCUT2D eigenvalue weighted by atomic mass is 32.2. The number of carbonyl (C=O) groups is 1. The van der Waals surface area contributed by atoms with Gasteiger partial charge in [0, 0.05) is 41.5 Å². The molecular formula is C19H23N3O3S. The summed E-state index contributed by atoms with van der Waals surface area (Å²) in [4.78, 5) is 25.7. The quantitative estimate of drug-likeness (QED) is 0.437. The van der Waals surface area contributed by atoms with E-state index in [1.807, 2.05) is 38.2 Å². The van der Waals surface area contributed by atoms with Gasteiger partial charge in [-0.15, -0.1) is 11.8 Å². The second kappa shape index (κ2) is 8.71. The monoisotopic (exact) mass is 373 g/mol. The largest absolute Gasteiger partial charge is 0.372 e.